The molecule has 7 nitrogen and oxygen atoms in total. The standard InChI is InChI=1S/C8H6N2O5/c11-6(12)4-10-8(13)15-7(9-10)5-2-1-3-14-5/h1-3H,4H2,(H,11,12)/p-1. The number of nitrogens with zero attached hydrogens (tertiary/aromatic N) is 2. The first kappa shape index (κ1) is 9.25. The highest BCUT2D eigenvalue weighted by Gasteiger charge is 2.11. The van der Waals surface area contributed by atoms with E-state index in [9.17, 15) is 14.7 Å². The quantitative estimate of drug-likeness (QED) is 0.632. The Labute approximate surface area is 82.5 Å². The number of hydrogen-bond donors (Lipinski definition) is 0. The molecule has 0 saturated carbocycles. The zero-order valence-electron chi connectivity index (χ0n) is 7.37. The number of carboxylic acids is 1. The zero-order valence-corrected chi connectivity index (χ0v) is 7.37. The lowest BCUT2D eigenvalue weighted by atomic mass is 10.5. The van der Waals surface area contributed by atoms with Crippen LogP contribution in [0.2, 0.25) is 0 Å². The molecule has 0 spiro atoms. The van der Waals surface area contributed by atoms with E-state index in [0.717, 1.165) is 0 Å². The first-order valence-corrected chi connectivity index (χ1v) is 3.98. The van der Waals surface area contributed by atoms with Crippen LogP contribution in [0.15, 0.2) is 32.0 Å². The molecule has 2 aromatic heterocycles. The van der Waals surface area contributed by atoms with Crippen molar-refractivity contribution in [1.82, 2.24) is 9.78 Å². The van der Waals surface area contributed by atoms with Gasteiger partial charge >= 0.3 is 5.76 Å². The Bertz CT molecular complexity index is 521. The Balaban J connectivity index is 2.37. The minimum absolute atomic E-state index is 0.0637. The summed E-state index contributed by atoms with van der Waals surface area (Å²) < 4.78 is 10.2. The Morgan fingerprint density at radius 1 is 1.60 bits per heavy atom. The van der Waals surface area contributed by atoms with Crippen LogP contribution in [0.5, 0.6) is 0 Å². The summed E-state index contributed by atoms with van der Waals surface area (Å²) in [6.45, 7) is -0.650. The maximum Gasteiger partial charge on any atom is 0.437 e. The van der Waals surface area contributed by atoms with Crippen molar-refractivity contribution in [2.24, 2.45) is 0 Å². The molecule has 0 aliphatic carbocycles. The van der Waals surface area contributed by atoms with Gasteiger partial charge in [0.1, 0.15) is 0 Å². The van der Waals surface area contributed by atoms with Gasteiger partial charge in [-0.3, -0.25) is 0 Å². The smallest absolute Gasteiger partial charge is 0.437 e. The van der Waals surface area contributed by atoms with Gasteiger partial charge in [-0.05, 0) is 12.1 Å². The number of aliphatic carboxylic acids is 1. The molecule has 0 unspecified atom stereocenters. The molecular formula is C8H5N2O5-. The Morgan fingerprint density at radius 3 is 3.00 bits per heavy atom. The molecule has 0 N–H and O–H groups in total. The minimum Gasteiger partial charge on any atom is -0.548 e. The number of hydrogen-bond acceptors (Lipinski definition) is 6. The van der Waals surface area contributed by atoms with Gasteiger partial charge in [-0.2, -0.15) is 4.68 Å². The van der Waals surface area contributed by atoms with E-state index in [1.165, 1.54) is 12.3 Å². The van der Waals surface area contributed by atoms with Crippen molar-refractivity contribution >= 4 is 5.97 Å². The highest BCUT2D eigenvalue weighted by Crippen LogP contribution is 2.14. The van der Waals surface area contributed by atoms with Gasteiger partial charge in [-0.25, -0.2) is 4.79 Å². The molecule has 15 heavy (non-hydrogen) atoms. The number of furan rings is 1. The molecule has 7 heteroatoms. The van der Waals surface area contributed by atoms with E-state index in [-0.39, 0.29) is 11.7 Å². The second-order valence-corrected chi connectivity index (χ2v) is 2.68. The van der Waals surface area contributed by atoms with Crippen LogP contribution in [0.25, 0.3) is 11.7 Å². The van der Waals surface area contributed by atoms with Gasteiger partial charge in [0.15, 0.2) is 5.76 Å². The highest BCUT2D eigenvalue weighted by molar-refractivity contribution is 5.63. The molecule has 2 aromatic rings. The highest BCUT2D eigenvalue weighted by atomic mass is 16.4. The van der Waals surface area contributed by atoms with Crippen molar-refractivity contribution in [1.29, 1.82) is 0 Å². The van der Waals surface area contributed by atoms with E-state index in [2.05, 4.69) is 9.52 Å². The van der Waals surface area contributed by atoms with Crippen LogP contribution in [-0.4, -0.2) is 15.7 Å². The van der Waals surface area contributed by atoms with Crippen LogP contribution < -0.4 is 10.9 Å². The first-order valence-electron chi connectivity index (χ1n) is 3.98. The zero-order chi connectivity index (χ0) is 10.8. The van der Waals surface area contributed by atoms with E-state index >= 15 is 0 Å². The number of rotatable bonds is 3. The van der Waals surface area contributed by atoms with Gasteiger partial charge in [0, 0.05) is 0 Å². The summed E-state index contributed by atoms with van der Waals surface area (Å²) in [6, 6.07) is 3.13. The average molecular weight is 209 g/mol. The Hall–Kier alpha value is -2.31. The summed E-state index contributed by atoms with van der Waals surface area (Å²) in [6.07, 6.45) is 1.38. The lowest BCUT2D eigenvalue weighted by Gasteiger charge is -1.96. The second kappa shape index (κ2) is 3.45. The third kappa shape index (κ3) is 1.80. The summed E-state index contributed by atoms with van der Waals surface area (Å²) in [5, 5.41) is 13.9. The van der Waals surface area contributed by atoms with E-state index in [1.807, 2.05) is 0 Å². The van der Waals surface area contributed by atoms with E-state index < -0.39 is 18.3 Å². The van der Waals surface area contributed by atoms with Gasteiger partial charge < -0.3 is 18.7 Å². The van der Waals surface area contributed by atoms with Crippen LogP contribution >= 0.6 is 0 Å². The van der Waals surface area contributed by atoms with Crippen molar-refractivity contribution in [3.63, 3.8) is 0 Å². The predicted octanol–water partition coefficient (Wildman–Crippen LogP) is -1.15. The molecule has 0 saturated heterocycles. The predicted molar refractivity (Wildman–Crippen MR) is 43.5 cm³/mol. The summed E-state index contributed by atoms with van der Waals surface area (Å²) in [5.41, 5.74) is 0. The number of aromatic nitrogens is 2. The normalized spacial score (nSPS) is 10.4. The molecule has 0 atom stereocenters. The van der Waals surface area contributed by atoms with Crippen molar-refractivity contribution < 1.29 is 18.7 Å². The fraction of sp³-hybridized carbons (Fsp3) is 0.125. The first-order chi connectivity index (χ1) is 7.16. The van der Waals surface area contributed by atoms with Crippen LogP contribution in [-0.2, 0) is 11.3 Å². The molecule has 2 heterocycles. The Morgan fingerprint density at radius 2 is 2.40 bits per heavy atom. The monoisotopic (exact) mass is 209 g/mol. The van der Waals surface area contributed by atoms with Crippen molar-refractivity contribution in [2.45, 2.75) is 6.54 Å². The maximum absolute atomic E-state index is 11.1. The Kier molecular flexibility index (Phi) is 2.13. The molecule has 0 amide bonds. The van der Waals surface area contributed by atoms with E-state index in [1.54, 1.807) is 6.07 Å². The molecular weight excluding hydrogens is 204 g/mol. The molecule has 0 aliphatic heterocycles. The van der Waals surface area contributed by atoms with Crippen LogP contribution in [0.4, 0.5) is 0 Å². The molecule has 0 aliphatic rings. The van der Waals surface area contributed by atoms with Gasteiger partial charge in [-0.1, -0.05) is 0 Å². The van der Waals surface area contributed by atoms with Crippen LogP contribution in [0.3, 0.4) is 0 Å². The van der Waals surface area contributed by atoms with Crippen molar-refractivity contribution in [2.75, 3.05) is 0 Å². The van der Waals surface area contributed by atoms with Crippen LogP contribution in [0.1, 0.15) is 0 Å². The minimum atomic E-state index is -1.42. The van der Waals surface area contributed by atoms with Crippen molar-refractivity contribution in [3.05, 3.63) is 28.9 Å². The van der Waals surface area contributed by atoms with Gasteiger partial charge in [0.25, 0.3) is 5.89 Å². The lowest BCUT2D eigenvalue weighted by molar-refractivity contribution is -0.306. The fourth-order valence-corrected chi connectivity index (χ4v) is 1.03. The summed E-state index contributed by atoms with van der Waals surface area (Å²) in [7, 11) is 0. The van der Waals surface area contributed by atoms with Crippen molar-refractivity contribution in [3.8, 4) is 11.7 Å². The SMILES string of the molecule is O=C([O-])Cn1nc(-c2ccco2)oc1=O. The molecule has 0 radical (unpaired) electrons. The number of carboxylic acid groups (broad SMARTS) is 1. The van der Waals surface area contributed by atoms with Gasteiger partial charge in [-0.15, -0.1) is 5.10 Å². The fourth-order valence-electron chi connectivity index (χ4n) is 1.03. The lowest BCUT2D eigenvalue weighted by Crippen LogP contribution is -2.31. The molecule has 78 valence electrons. The van der Waals surface area contributed by atoms with Crippen LogP contribution in [0, 0.1) is 0 Å². The topological polar surface area (TPSA) is 101 Å². The third-order valence-corrected chi connectivity index (χ3v) is 1.62. The third-order valence-electron chi connectivity index (χ3n) is 1.62. The largest absolute Gasteiger partial charge is 0.548 e. The summed E-state index contributed by atoms with van der Waals surface area (Å²) in [4.78, 5) is 21.3. The average Bonchev–Trinajstić information content (AvgIpc) is 2.75. The molecule has 2 rings (SSSR count). The molecule has 0 aromatic carbocycles. The van der Waals surface area contributed by atoms with E-state index in [4.69, 9.17) is 4.42 Å². The number of carbonyl (C=O) groups excluding carboxylic acids is 1. The summed E-state index contributed by atoms with van der Waals surface area (Å²) >= 11 is 0. The molecule has 0 bridgehead atoms. The number of carbonyl (C=O) groups is 1. The summed E-state index contributed by atoms with van der Waals surface area (Å²) in [5.74, 6) is -2.10. The van der Waals surface area contributed by atoms with E-state index in [0.29, 0.717) is 4.68 Å². The second-order valence-electron chi connectivity index (χ2n) is 2.68. The maximum atomic E-state index is 11.1. The molecule has 0 fully saturated rings. The van der Waals surface area contributed by atoms with Gasteiger partial charge in [0.05, 0.1) is 18.8 Å². The van der Waals surface area contributed by atoms with Gasteiger partial charge in [0.2, 0.25) is 0 Å².